The monoisotopic (exact) mass is 328 g/mol. The van der Waals surface area contributed by atoms with Crippen LogP contribution in [0.2, 0.25) is 0 Å². The van der Waals surface area contributed by atoms with Gasteiger partial charge < -0.3 is 10.6 Å². The van der Waals surface area contributed by atoms with Gasteiger partial charge in [-0.25, -0.2) is 0 Å². The summed E-state index contributed by atoms with van der Waals surface area (Å²) in [5.74, 6) is 0.558. The second-order valence-electron chi connectivity index (χ2n) is 6.42. The number of amides is 1. The molecule has 1 amide bonds. The first kappa shape index (κ1) is 15.5. The minimum Gasteiger partial charge on any atom is -0.356 e. The van der Waals surface area contributed by atoms with Crippen molar-refractivity contribution in [3.05, 3.63) is 90.5 Å². The molecule has 0 spiro atoms. The number of nitrogens with one attached hydrogen (secondary N) is 2. The maximum Gasteiger partial charge on any atom is 0.228 e. The SMILES string of the molecule is O=C(Nc1ccc(Nc2ccccc2)cc1)C1CC1c1ccccc1. The molecule has 124 valence electrons. The molecule has 3 nitrogen and oxygen atoms in total. The molecular formula is C22H20N2O. The van der Waals surface area contributed by atoms with Gasteiger partial charge in [-0.1, -0.05) is 48.5 Å². The molecule has 1 aliphatic rings. The zero-order chi connectivity index (χ0) is 17.1. The number of hydrogen-bond donors (Lipinski definition) is 2. The fourth-order valence-corrected chi connectivity index (χ4v) is 3.11. The molecule has 0 radical (unpaired) electrons. The van der Waals surface area contributed by atoms with Crippen molar-refractivity contribution in [2.45, 2.75) is 12.3 Å². The molecule has 1 saturated carbocycles. The van der Waals surface area contributed by atoms with E-state index in [0.29, 0.717) is 5.92 Å². The lowest BCUT2D eigenvalue weighted by Crippen LogP contribution is -2.14. The molecule has 2 unspecified atom stereocenters. The Balaban J connectivity index is 1.35. The highest BCUT2D eigenvalue weighted by molar-refractivity contribution is 5.95. The first-order valence-corrected chi connectivity index (χ1v) is 8.57. The molecule has 2 atom stereocenters. The molecule has 0 aliphatic heterocycles. The first-order chi connectivity index (χ1) is 12.3. The molecule has 0 saturated heterocycles. The second-order valence-corrected chi connectivity index (χ2v) is 6.42. The molecule has 3 heteroatoms. The Hall–Kier alpha value is -3.07. The van der Waals surface area contributed by atoms with Crippen LogP contribution in [-0.2, 0) is 4.79 Å². The molecule has 3 aromatic carbocycles. The average molecular weight is 328 g/mol. The summed E-state index contributed by atoms with van der Waals surface area (Å²) in [6.45, 7) is 0. The highest BCUT2D eigenvalue weighted by Gasteiger charge is 2.43. The van der Waals surface area contributed by atoms with Crippen molar-refractivity contribution in [2.75, 3.05) is 10.6 Å². The lowest BCUT2D eigenvalue weighted by Gasteiger charge is -2.09. The van der Waals surface area contributed by atoms with Crippen molar-refractivity contribution in [1.29, 1.82) is 0 Å². The number of benzene rings is 3. The molecule has 3 aromatic rings. The van der Waals surface area contributed by atoms with Gasteiger partial charge in [0, 0.05) is 23.0 Å². The number of anilines is 3. The predicted octanol–water partition coefficient (Wildman–Crippen LogP) is 5.17. The Morgan fingerprint density at radius 3 is 1.96 bits per heavy atom. The van der Waals surface area contributed by atoms with Crippen LogP contribution in [0.4, 0.5) is 17.1 Å². The second kappa shape index (κ2) is 6.81. The minimum absolute atomic E-state index is 0.0875. The third-order valence-corrected chi connectivity index (χ3v) is 4.57. The fourth-order valence-electron chi connectivity index (χ4n) is 3.11. The van der Waals surface area contributed by atoms with Crippen LogP contribution >= 0.6 is 0 Å². The van der Waals surface area contributed by atoms with E-state index < -0.39 is 0 Å². The van der Waals surface area contributed by atoms with Crippen molar-refractivity contribution in [3.8, 4) is 0 Å². The van der Waals surface area contributed by atoms with Gasteiger partial charge in [0.05, 0.1) is 0 Å². The molecule has 0 bridgehead atoms. The van der Waals surface area contributed by atoms with Crippen molar-refractivity contribution in [3.63, 3.8) is 0 Å². The molecular weight excluding hydrogens is 308 g/mol. The van der Waals surface area contributed by atoms with E-state index in [1.807, 2.05) is 72.8 Å². The number of carbonyl (C=O) groups is 1. The largest absolute Gasteiger partial charge is 0.356 e. The summed E-state index contributed by atoms with van der Waals surface area (Å²) in [6, 6.07) is 28.1. The first-order valence-electron chi connectivity index (χ1n) is 8.57. The minimum atomic E-state index is 0.0875. The van der Waals surface area contributed by atoms with Gasteiger partial charge in [0.1, 0.15) is 0 Å². The molecule has 1 aliphatic carbocycles. The standard InChI is InChI=1S/C22H20N2O/c25-22(21-15-20(21)16-7-3-1-4-8-16)24-19-13-11-18(12-14-19)23-17-9-5-2-6-10-17/h1-14,20-21,23H,15H2,(H,24,25). The van der Waals surface area contributed by atoms with Crippen LogP contribution in [0.3, 0.4) is 0 Å². The van der Waals surface area contributed by atoms with E-state index in [-0.39, 0.29) is 11.8 Å². The lowest BCUT2D eigenvalue weighted by molar-refractivity contribution is -0.117. The van der Waals surface area contributed by atoms with E-state index in [9.17, 15) is 4.79 Å². The topological polar surface area (TPSA) is 41.1 Å². The van der Waals surface area contributed by atoms with Crippen molar-refractivity contribution in [1.82, 2.24) is 0 Å². The van der Waals surface area contributed by atoms with E-state index in [1.165, 1.54) is 5.56 Å². The Kier molecular flexibility index (Phi) is 4.21. The van der Waals surface area contributed by atoms with Gasteiger partial charge in [-0.3, -0.25) is 4.79 Å². The summed E-state index contributed by atoms with van der Waals surface area (Å²) in [5, 5.41) is 6.36. The van der Waals surface area contributed by atoms with Crippen molar-refractivity contribution >= 4 is 23.0 Å². The fraction of sp³-hybridized carbons (Fsp3) is 0.136. The maximum absolute atomic E-state index is 12.4. The van der Waals surface area contributed by atoms with Crippen LogP contribution in [0.25, 0.3) is 0 Å². The summed E-state index contributed by atoms with van der Waals surface area (Å²) < 4.78 is 0. The third-order valence-electron chi connectivity index (χ3n) is 4.57. The maximum atomic E-state index is 12.4. The van der Waals surface area contributed by atoms with Crippen LogP contribution in [0.1, 0.15) is 17.9 Å². The average Bonchev–Trinajstić information content (AvgIpc) is 3.46. The quantitative estimate of drug-likeness (QED) is 0.678. The molecule has 2 N–H and O–H groups in total. The molecule has 25 heavy (non-hydrogen) atoms. The van der Waals surface area contributed by atoms with Gasteiger partial charge >= 0.3 is 0 Å². The molecule has 1 fully saturated rings. The van der Waals surface area contributed by atoms with Gasteiger partial charge in [-0.2, -0.15) is 0 Å². The smallest absolute Gasteiger partial charge is 0.228 e. The van der Waals surface area contributed by atoms with Gasteiger partial charge in [0.15, 0.2) is 0 Å². The zero-order valence-corrected chi connectivity index (χ0v) is 13.9. The number of rotatable bonds is 5. The number of hydrogen-bond acceptors (Lipinski definition) is 2. The lowest BCUT2D eigenvalue weighted by atomic mass is 10.1. The number of carbonyl (C=O) groups excluding carboxylic acids is 1. The van der Waals surface area contributed by atoms with Crippen molar-refractivity contribution in [2.24, 2.45) is 5.92 Å². The van der Waals surface area contributed by atoms with Crippen LogP contribution in [0.15, 0.2) is 84.9 Å². The normalized spacial score (nSPS) is 18.4. The summed E-state index contributed by atoms with van der Waals surface area (Å²) in [4.78, 5) is 12.4. The Labute approximate surface area is 147 Å². The highest BCUT2D eigenvalue weighted by Crippen LogP contribution is 2.47. The molecule has 0 heterocycles. The van der Waals surface area contributed by atoms with Crippen LogP contribution < -0.4 is 10.6 Å². The van der Waals surface area contributed by atoms with E-state index in [4.69, 9.17) is 0 Å². The van der Waals surface area contributed by atoms with E-state index >= 15 is 0 Å². The van der Waals surface area contributed by atoms with E-state index in [1.54, 1.807) is 0 Å². The Morgan fingerprint density at radius 2 is 1.28 bits per heavy atom. The van der Waals surface area contributed by atoms with Gasteiger partial charge in [-0.15, -0.1) is 0 Å². The third kappa shape index (κ3) is 3.72. The predicted molar refractivity (Wildman–Crippen MR) is 102 cm³/mol. The summed E-state index contributed by atoms with van der Waals surface area (Å²) in [7, 11) is 0. The Bertz CT molecular complexity index is 844. The number of para-hydroxylation sites is 1. The van der Waals surface area contributed by atoms with Gasteiger partial charge in [0.2, 0.25) is 5.91 Å². The van der Waals surface area contributed by atoms with Gasteiger partial charge in [-0.05, 0) is 54.3 Å². The molecule has 4 rings (SSSR count). The molecule has 0 aromatic heterocycles. The Morgan fingerprint density at radius 1 is 0.720 bits per heavy atom. The van der Waals surface area contributed by atoms with Crippen molar-refractivity contribution < 1.29 is 4.79 Å². The highest BCUT2D eigenvalue weighted by atomic mass is 16.2. The van der Waals surface area contributed by atoms with Crippen LogP contribution in [0.5, 0.6) is 0 Å². The van der Waals surface area contributed by atoms with Gasteiger partial charge in [0.25, 0.3) is 0 Å². The van der Waals surface area contributed by atoms with Crippen LogP contribution in [0, 0.1) is 5.92 Å². The zero-order valence-electron chi connectivity index (χ0n) is 13.9. The summed E-state index contributed by atoms with van der Waals surface area (Å²) in [5.41, 5.74) is 4.13. The summed E-state index contributed by atoms with van der Waals surface area (Å²) in [6.07, 6.45) is 0.934. The summed E-state index contributed by atoms with van der Waals surface area (Å²) >= 11 is 0. The van der Waals surface area contributed by atoms with E-state index in [2.05, 4.69) is 22.8 Å². The van der Waals surface area contributed by atoms with E-state index in [0.717, 1.165) is 23.5 Å². The van der Waals surface area contributed by atoms with Crippen LogP contribution in [-0.4, -0.2) is 5.91 Å².